The van der Waals surface area contributed by atoms with Crippen LogP contribution in [-0.2, 0) is 13.1 Å². The van der Waals surface area contributed by atoms with Gasteiger partial charge in [0.05, 0.1) is 35.9 Å². The first-order chi connectivity index (χ1) is 18.2. The number of rotatable bonds is 7. The van der Waals surface area contributed by atoms with E-state index in [1.54, 1.807) is 17.2 Å². The first kappa shape index (κ1) is 22.4. The molecule has 1 amide bonds. The Balaban J connectivity index is 1.37. The summed E-state index contributed by atoms with van der Waals surface area (Å²) in [5.74, 6) is -0.221. The van der Waals surface area contributed by atoms with Gasteiger partial charge < -0.3 is 5.32 Å². The first-order valence-corrected chi connectivity index (χ1v) is 11.9. The average molecular weight is 486 g/mol. The van der Waals surface area contributed by atoms with Crippen molar-refractivity contribution in [3.05, 3.63) is 127 Å². The van der Waals surface area contributed by atoms with Crippen LogP contribution in [0.5, 0.6) is 0 Å². The second kappa shape index (κ2) is 9.87. The minimum absolute atomic E-state index is 0.221. The van der Waals surface area contributed by atoms with Crippen molar-refractivity contribution >= 4 is 22.6 Å². The SMILES string of the molecule is O=C(Nc1cccc(Cn2cncn2)c1)c1cc(-c2ccccc2)nc2c1cnn2Cc1ccccc1. The zero-order valence-electron chi connectivity index (χ0n) is 19.9. The number of fused-ring (bicyclic) bond motifs is 1. The summed E-state index contributed by atoms with van der Waals surface area (Å²) in [6, 6.07) is 29.5. The van der Waals surface area contributed by atoms with Gasteiger partial charge >= 0.3 is 0 Å². The van der Waals surface area contributed by atoms with Crippen molar-refractivity contribution in [2.45, 2.75) is 13.1 Å². The fourth-order valence-electron chi connectivity index (χ4n) is 4.31. The fraction of sp³-hybridized carbons (Fsp3) is 0.0690. The molecule has 3 aromatic carbocycles. The fourth-order valence-corrected chi connectivity index (χ4v) is 4.31. The van der Waals surface area contributed by atoms with Crippen LogP contribution in [0.15, 0.2) is 110 Å². The van der Waals surface area contributed by atoms with Crippen LogP contribution in [0.4, 0.5) is 5.69 Å². The van der Waals surface area contributed by atoms with E-state index in [1.165, 1.54) is 6.33 Å². The summed E-state index contributed by atoms with van der Waals surface area (Å²) in [5, 5.41) is 12.5. The Morgan fingerprint density at radius 3 is 2.38 bits per heavy atom. The number of carbonyl (C=O) groups is 1. The predicted octanol–water partition coefficient (Wildman–Crippen LogP) is 5.04. The van der Waals surface area contributed by atoms with Crippen molar-refractivity contribution in [1.29, 1.82) is 0 Å². The second-order valence-electron chi connectivity index (χ2n) is 8.69. The van der Waals surface area contributed by atoms with Crippen molar-refractivity contribution < 1.29 is 4.79 Å². The van der Waals surface area contributed by atoms with Crippen molar-refractivity contribution in [2.75, 3.05) is 5.32 Å². The molecule has 6 aromatic rings. The number of hydrogen-bond donors (Lipinski definition) is 1. The summed E-state index contributed by atoms with van der Waals surface area (Å²) in [7, 11) is 0. The summed E-state index contributed by atoms with van der Waals surface area (Å²) in [6.07, 6.45) is 4.88. The molecule has 37 heavy (non-hydrogen) atoms. The molecule has 0 aliphatic heterocycles. The quantitative estimate of drug-likeness (QED) is 0.342. The van der Waals surface area contributed by atoms with E-state index in [0.717, 1.165) is 16.7 Å². The van der Waals surface area contributed by atoms with Crippen molar-refractivity contribution in [1.82, 2.24) is 29.5 Å². The van der Waals surface area contributed by atoms with E-state index in [4.69, 9.17) is 4.98 Å². The maximum atomic E-state index is 13.6. The number of hydrogen-bond acceptors (Lipinski definition) is 5. The van der Waals surface area contributed by atoms with Gasteiger partial charge in [-0.1, -0.05) is 72.8 Å². The molecule has 0 atom stereocenters. The molecule has 6 rings (SSSR count). The Hall–Kier alpha value is -5.11. The smallest absolute Gasteiger partial charge is 0.256 e. The van der Waals surface area contributed by atoms with Gasteiger partial charge in [-0.2, -0.15) is 10.2 Å². The molecule has 8 heteroatoms. The van der Waals surface area contributed by atoms with Gasteiger partial charge in [0.2, 0.25) is 0 Å². The largest absolute Gasteiger partial charge is 0.322 e. The van der Waals surface area contributed by atoms with Crippen LogP contribution in [0, 0.1) is 0 Å². The highest BCUT2D eigenvalue weighted by Gasteiger charge is 2.18. The highest BCUT2D eigenvalue weighted by molar-refractivity contribution is 6.12. The minimum Gasteiger partial charge on any atom is -0.322 e. The third-order valence-electron chi connectivity index (χ3n) is 6.09. The molecule has 8 nitrogen and oxygen atoms in total. The van der Waals surface area contributed by atoms with Gasteiger partial charge in [0.1, 0.15) is 12.7 Å². The van der Waals surface area contributed by atoms with E-state index in [2.05, 4.69) is 32.6 Å². The molecule has 0 aliphatic carbocycles. The zero-order valence-corrected chi connectivity index (χ0v) is 19.9. The van der Waals surface area contributed by atoms with Gasteiger partial charge in [-0.3, -0.25) is 4.79 Å². The summed E-state index contributed by atoms with van der Waals surface area (Å²) in [4.78, 5) is 22.5. The average Bonchev–Trinajstić information content (AvgIpc) is 3.59. The lowest BCUT2D eigenvalue weighted by molar-refractivity contribution is 0.102. The van der Waals surface area contributed by atoms with Gasteiger partial charge in [-0.05, 0) is 29.3 Å². The normalized spacial score (nSPS) is 11.0. The van der Waals surface area contributed by atoms with E-state index in [-0.39, 0.29) is 5.91 Å². The predicted molar refractivity (Wildman–Crippen MR) is 142 cm³/mol. The van der Waals surface area contributed by atoms with Gasteiger partial charge in [0, 0.05) is 11.3 Å². The first-order valence-electron chi connectivity index (χ1n) is 11.9. The Labute approximate surface area is 213 Å². The van der Waals surface area contributed by atoms with Crippen molar-refractivity contribution in [3.8, 4) is 11.3 Å². The summed E-state index contributed by atoms with van der Waals surface area (Å²) < 4.78 is 3.58. The highest BCUT2D eigenvalue weighted by Crippen LogP contribution is 2.26. The van der Waals surface area contributed by atoms with Gasteiger partial charge in [0.25, 0.3) is 5.91 Å². The number of carbonyl (C=O) groups excluding carboxylic acids is 1. The second-order valence-corrected chi connectivity index (χ2v) is 8.69. The lowest BCUT2D eigenvalue weighted by Gasteiger charge is -2.11. The molecule has 0 spiro atoms. The Bertz CT molecular complexity index is 1660. The summed E-state index contributed by atoms with van der Waals surface area (Å²) >= 11 is 0. The van der Waals surface area contributed by atoms with Crippen LogP contribution in [0.1, 0.15) is 21.5 Å². The molecule has 0 fully saturated rings. The molecule has 0 saturated carbocycles. The molecule has 0 unspecified atom stereocenters. The highest BCUT2D eigenvalue weighted by atomic mass is 16.1. The maximum Gasteiger partial charge on any atom is 0.256 e. The number of anilines is 1. The molecule has 1 N–H and O–H groups in total. The van der Waals surface area contributed by atoms with Crippen LogP contribution >= 0.6 is 0 Å². The van der Waals surface area contributed by atoms with E-state index >= 15 is 0 Å². The molecule has 180 valence electrons. The Kier molecular flexibility index (Phi) is 5.96. The maximum absolute atomic E-state index is 13.6. The molecule has 3 aromatic heterocycles. The lowest BCUT2D eigenvalue weighted by atomic mass is 10.1. The summed E-state index contributed by atoms with van der Waals surface area (Å²) in [5.41, 5.74) is 5.64. The minimum atomic E-state index is -0.221. The zero-order chi connectivity index (χ0) is 25.0. The number of aromatic nitrogens is 6. The topological polar surface area (TPSA) is 90.5 Å². The standard InChI is InChI=1S/C29H23N7O/c37-29(33-24-13-7-10-22(14-24)17-35-20-30-19-32-35)25-15-27(23-11-5-2-6-12-23)34-28-26(25)16-31-36(28)18-21-8-3-1-4-9-21/h1-16,19-20H,17-18H2,(H,33,37). The van der Waals surface area contributed by atoms with Crippen LogP contribution in [-0.4, -0.2) is 35.4 Å². The molecule has 0 aliphatic rings. The summed E-state index contributed by atoms with van der Waals surface area (Å²) in [6.45, 7) is 1.12. The lowest BCUT2D eigenvalue weighted by Crippen LogP contribution is -2.13. The molecule has 0 radical (unpaired) electrons. The van der Waals surface area contributed by atoms with Crippen LogP contribution in [0.25, 0.3) is 22.3 Å². The number of pyridine rings is 1. The molecule has 0 bridgehead atoms. The van der Waals surface area contributed by atoms with E-state index in [1.807, 2.05) is 83.5 Å². The number of benzene rings is 3. The van der Waals surface area contributed by atoms with Gasteiger partial charge in [-0.25, -0.2) is 19.3 Å². The van der Waals surface area contributed by atoms with Gasteiger partial charge in [0.15, 0.2) is 5.65 Å². The number of amides is 1. The van der Waals surface area contributed by atoms with Crippen LogP contribution in [0.2, 0.25) is 0 Å². The molecular weight excluding hydrogens is 462 g/mol. The Morgan fingerprint density at radius 1 is 0.811 bits per heavy atom. The number of nitrogens with one attached hydrogen (secondary N) is 1. The molecular formula is C29H23N7O. The van der Waals surface area contributed by atoms with E-state index in [9.17, 15) is 4.79 Å². The third kappa shape index (κ3) is 4.85. The van der Waals surface area contributed by atoms with Crippen LogP contribution in [0.3, 0.4) is 0 Å². The van der Waals surface area contributed by atoms with Crippen molar-refractivity contribution in [3.63, 3.8) is 0 Å². The van der Waals surface area contributed by atoms with Crippen LogP contribution < -0.4 is 5.32 Å². The van der Waals surface area contributed by atoms with E-state index < -0.39 is 0 Å². The third-order valence-corrected chi connectivity index (χ3v) is 6.09. The monoisotopic (exact) mass is 485 g/mol. The van der Waals surface area contributed by atoms with Crippen molar-refractivity contribution in [2.24, 2.45) is 0 Å². The Morgan fingerprint density at radius 2 is 1.59 bits per heavy atom. The van der Waals surface area contributed by atoms with E-state index in [0.29, 0.717) is 41.1 Å². The molecule has 0 saturated heterocycles. The van der Waals surface area contributed by atoms with Gasteiger partial charge in [-0.15, -0.1) is 0 Å². The number of nitrogens with zero attached hydrogens (tertiary/aromatic N) is 6. The molecule has 3 heterocycles.